The largest absolute Gasteiger partial charge is 0.396 e. The summed E-state index contributed by atoms with van der Waals surface area (Å²) in [4.78, 5) is 11.8. The number of hydrogen-bond acceptors (Lipinski definition) is 2. The fraction of sp³-hybridized carbons (Fsp3) is 0.923. The second-order valence-corrected chi connectivity index (χ2v) is 4.35. The Balaban J connectivity index is 3.65. The molecule has 0 aliphatic heterocycles. The van der Waals surface area contributed by atoms with Crippen molar-refractivity contribution in [3.05, 3.63) is 0 Å². The van der Waals surface area contributed by atoms with Crippen LogP contribution in [0.3, 0.4) is 0 Å². The lowest BCUT2D eigenvalue weighted by Gasteiger charge is -2.15. The molecule has 96 valence electrons. The van der Waals surface area contributed by atoms with Crippen LogP contribution in [-0.4, -0.2) is 24.2 Å². The zero-order valence-electron chi connectivity index (χ0n) is 10.8. The van der Waals surface area contributed by atoms with E-state index in [4.69, 9.17) is 5.11 Å². The number of nitrogens with one attached hydrogen (secondary N) is 1. The molecule has 0 fully saturated rings. The zero-order chi connectivity index (χ0) is 12.2. The van der Waals surface area contributed by atoms with Crippen LogP contribution < -0.4 is 5.32 Å². The third kappa shape index (κ3) is 7.69. The Bertz CT molecular complexity index is 165. The Morgan fingerprint density at radius 1 is 1.12 bits per heavy atom. The topological polar surface area (TPSA) is 49.3 Å². The van der Waals surface area contributed by atoms with Gasteiger partial charge in [0.15, 0.2) is 0 Å². The lowest BCUT2D eigenvalue weighted by Crippen LogP contribution is -2.31. The number of amides is 1. The molecule has 0 aromatic rings. The minimum Gasteiger partial charge on any atom is -0.396 e. The fourth-order valence-electron chi connectivity index (χ4n) is 1.87. The maximum Gasteiger partial charge on any atom is 0.223 e. The smallest absolute Gasteiger partial charge is 0.223 e. The monoisotopic (exact) mass is 229 g/mol. The van der Waals surface area contributed by atoms with Gasteiger partial charge in [0.05, 0.1) is 0 Å². The molecule has 3 heteroatoms. The Labute approximate surface area is 99.6 Å². The van der Waals surface area contributed by atoms with Crippen molar-refractivity contribution in [3.63, 3.8) is 0 Å². The van der Waals surface area contributed by atoms with Crippen LogP contribution in [0, 0.1) is 5.92 Å². The van der Waals surface area contributed by atoms with E-state index in [2.05, 4.69) is 19.2 Å². The molecule has 0 aromatic carbocycles. The van der Waals surface area contributed by atoms with Crippen LogP contribution in [0.4, 0.5) is 0 Å². The third-order valence-electron chi connectivity index (χ3n) is 2.78. The zero-order valence-corrected chi connectivity index (χ0v) is 10.8. The van der Waals surface area contributed by atoms with Crippen LogP contribution in [0.2, 0.25) is 0 Å². The van der Waals surface area contributed by atoms with Gasteiger partial charge < -0.3 is 10.4 Å². The molecule has 0 aliphatic carbocycles. The van der Waals surface area contributed by atoms with Crippen LogP contribution in [0.5, 0.6) is 0 Å². The number of rotatable bonds is 10. The van der Waals surface area contributed by atoms with Crippen molar-refractivity contribution >= 4 is 5.91 Å². The summed E-state index contributed by atoms with van der Waals surface area (Å²) >= 11 is 0. The third-order valence-corrected chi connectivity index (χ3v) is 2.78. The van der Waals surface area contributed by atoms with Crippen LogP contribution >= 0.6 is 0 Å². The lowest BCUT2D eigenvalue weighted by molar-refractivity contribution is -0.125. The number of aliphatic hydroxyl groups excluding tert-OH is 1. The van der Waals surface area contributed by atoms with Gasteiger partial charge in [-0.3, -0.25) is 4.79 Å². The van der Waals surface area contributed by atoms with Gasteiger partial charge in [0.2, 0.25) is 5.91 Å². The first-order valence-corrected chi connectivity index (χ1v) is 6.64. The van der Waals surface area contributed by atoms with Gasteiger partial charge in [-0.1, -0.05) is 26.7 Å². The van der Waals surface area contributed by atoms with Crippen molar-refractivity contribution in [1.29, 1.82) is 0 Å². The standard InChI is InChI=1S/C13H27NO2/c1-3-8-12(9-4-2)13(16)14-10-6-5-7-11-15/h12,15H,3-11H2,1-2H3,(H,14,16). The molecular formula is C13H27NO2. The van der Waals surface area contributed by atoms with E-state index in [1.807, 2.05) is 0 Å². The van der Waals surface area contributed by atoms with Crippen molar-refractivity contribution in [2.45, 2.75) is 58.8 Å². The molecule has 0 aromatic heterocycles. The van der Waals surface area contributed by atoms with E-state index in [0.717, 1.165) is 51.5 Å². The summed E-state index contributed by atoms with van der Waals surface area (Å²) in [5.41, 5.74) is 0. The molecule has 0 atom stereocenters. The fourth-order valence-corrected chi connectivity index (χ4v) is 1.87. The van der Waals surface area contributed by atoms with Crippen LogP contribution in [-0.2, 0) is 4.79 Å². The Morgan fingerprint density at radius 2 is 1.75 bits per heavy atom. The molecule has 0 saturated heterocycles. The summed E-state index contributed by atoms with van der Waals surface area (Å²) in [6, 6.07) is 0. The second-order valence-electron chi connectivity index (χ2n) is 4.35. The molecule has 3 nitrogen and oxygen atoms in total. The van der Waals surface area contributed by atoms with Gasteiger partial charge in [-0.25, -0.2) is 0 Å². The average Bonchev–Trinajstić information content (AvgIpc) is 2.28. The molecule has 1 amide bonds. The number of unbranched alkanes of at least 4 members (excludes halogenated alkanes) is 2. The van der Waals surface area contributed by atoms with Gasteiger partial charge in [0.1, 0.15) is 0 Å². The molecular weight excluding hydrogens is 202 g/mol. The van der Waals surface area contributed by atoms with Crippen molar-refractivity contribution < 1.29 is 9.90 Å². The highest BCUT2D eigenvalue weighted by Crippen LogP contribution is 2.13. The van der Waals surface area contributed by atoms with Crippen LogP contribution in [0.15, 0.2) is 0 Å². The first-order chi connectivity index (χ1) is 7.76. The summed E-state index contributed by atoms with van der Waals surface area (Å²) in [6.07, 6.45) is 6.93. The summed E-state index contributed by atoms with van der Waals surface area (Å²) in [7, 11) is 0. The summed E-state index contributed by atoms with van der Waals surface area (Å²) in [5.74, 6) is 0.417. The first kappa shape index (κ1) is 15.4. The number of carbonyl (C=O) groups excluding carboxylic acids is 1. The molecule has 0 rings (SSSR count). The van der Waals surface area contributed by atoms with E-state index < -0.39 is 0 Å². The van der Waals surface area contributed by atoms with E-state index >= 15 is 0 Å². The van der Waals surface area contributed by atoms with Gasteiger partial charge >= 0.3 is 0 Å². The molecule has 0 aliphatic rings. The van der Waals surface area contributed by atoms with Gasteiger partial charge in [-0.05, 0) is 32.1 Å². The summed E-state index contributed by atoms with van der Waals surface area (Å²) < 4.78 is 0. The molecule has 0 saturated carbocycles. The Hall–Kier alpha value is -0.570. The summed E-state index contributed by atoms with van der Waals surface area (Å²) in [6.45, 7) is 5.25. The minimum atomic E-state index is 0.202. The summed E-state index contributed by atoms with van der Waals surface area (Å²) in [5, 5.41) is 11.6. The highest BCUT2D eigenvalue weighted by Gasteiger charge is 2.15. The Morgan fingerprint density at radius 3 is 2.25 bits per heavy atom. The van der Waals surface area contributed by atoms with Crippen LogP contribution in [0.25, 0.3) is 0 Å². The van der Waals surface area contributed by atoms with E-state index in [9.17, 15) is 4.79 Å². The number of aliphatic hydroxyl groups is 1. The van der Waals surface area contributed by atoms with E-state index in [-0.39, 0.29) is 18.4 Å². The maximum atomic E-state index is 11.8. The van der Waals surface area contributed by atoms with Crippen molar-refractivity contribution in [1.82, 2.24) is 5.32 Å². The van der Waals surface area contributed by atoms with Crippen LogP contribution in [0.1, 0.15) is 58.8 Å². The molecule has 0 heterocycles. The SMILES string of the molecule is CCCC(CCC)C(=O)NCCCCCO. The molecule has 2 N–H and O–H groups in total. The second kappa shape index (κ2) is 10.9. The van der Waals surface area contributed by atoms with Crippen molar-refractivity contribution in [2.75, 3.05) is 13.2 Å². The predicted molar refractivity (Wildman–Crippen MR) is 67.3 cm³/mol. The molecule has 0 radical (unpaired) electrons. The average molecular weight is 229 g/mol. The Kier molecular flexibility index (Phi) is 10.5. The highest BCUT2D eigenvalue weighted by atomic mass is 16.2. The van der Waals surface area contributed by atoms with Crippen molar-refractivity contribution in [3.8, 4) is 0 Å². The predicted octanol–water partition coefficient (Wildman–Crippen LogP) is 2.48. The molecule has 16 heavy (non-hydrogen) atoms. The maximum absolute atomic E-state index is 11.8. The van der Waals surface area contributed by atoms with Gasteiger partial charge in [-0.2, -0.15) is 0 Å². The number of hydrogen-bond donors (Lipinski definition) is 2. The van der Waals surface area contributed by atoms with E-state index in [0.29, 0.717) is 0 Å². The highest BCUT2D eigenvalue weighted by molar-refractivity contribution is 5.78. The first-order valence-electron chi connectivity index (χ1n) is 6.64. The normalized spacial score (nSPS) is 10.8. The van der Waals surface area contributed by atoms with E-state index in [1.54, 1.807) is 0 Å². The molecule has 0 spiro atoms. The van der Waals surface area contributed by atoms with Gasteiger partial charge in [0.25, 0.3) is 0 Å². The number of carbonyl (C=O) groups is 1. The molecule has 0 bridgehead atoms. The lowest BCUT2D eigenvalue weighted by atomic mass is 9.97. The quantitative estimate of drug-likeness (QED) is 0.565. The molecule has 0 unspecified atom stereocenters. The van der Waals surface area contributed by atoms with Gasteiger partial charge in [0, 0.05) is 19.1 Å². The van der Waals surface area contributed by atoms with Gasteiger partial charge in [-0.15, -0.1) is 0 Å². The van der Waals surface area contributed by atoms with E-state index in [1.165, 1.54) is 0 Å². The minimum absolute atomic E-state index is 0.202. The van der Waals surface area contributed by atoms with Crippen molar-refractivity contribution in [2.24, 2.45) is 5.92 Å².